The molecule has 52 heavy (non-hydrogen) atoms. The van der Waals surface area contributed by atoms with Gasteiger partial charge in [0.05, 0.1) is 0 Å². The smallest absolute Gasteiger partial charge is 0.329 e. The van der Waals surface area contributed by atoms with Crippen molar-refractivity contribution < 1.29 is 19.2 Å². The molecule has 0 spiro atoms. The number of carbonyl (C=O) groups is 4. The molecule has 0 aliphatic heterocycles. The van der Waals surface area contributed by atoms with Crippen LogP contribution in [0.4, 0.5) is 19.2 Å². The molecule has 3 saturated carbocycles. The monoisotopic (exact) mass is 741 g/mol. The quantitative estimate of drug-likeness (QED) is 0.105. The second-order valence-electron chi connectivity index (χ2n) is 19.1. The van der Waals surface area contributed by atoms with Gasteiger partial charge in [0.25, 0.3) is 0 Å². The zero-order valence-electron chi connectivity index (χ0n) is 34.2. The van der Waals surface area contributed by atoms with Crippen molar-refractivity contribution in [1.82, 2.24) is 42.8 Å². The lowest BCUT2D eigenvalue weighted by molar-refractivity contribution is 0.0749. The fraction of sp³-hybridized carbons (Fsp3) is 0.889. The SMILES string of the molecule is CC1(C)CC(NC(=O)NN)CC(C)(CN)C1.CNC(=O)NCC1(C)CC(N)CC(C)(C)C1.CNC(=O)NCC1(C)CC(NC(=O)NN)CC(C)(C)C1. The first-order valence-corrected chi connectivity index (χ1v) is 18.7. The van der Waals surface area contributed by atoms with Crippen LogP contribution in [0.5, 0.6) is 0 Å². The Morgan fingerprint density at radius 3 is 1.23 bits per heavy atom. The standard InChI is InChI=1S/C13H27N5O2.C12H25N3O.C11H24N4O/c1-12(2)5-9(17-11(20)18-14)6-13(3,7-12)8-16-10(19)15-4;1-11(2)5-9(13)6-12(3,7-11)8-15-10(16)14-4;1-10(2)4-8(14-9(16)15-13)5-11(3,6-10)7-12/h9H,5-8,14H2,1-4H3,(H2,15,16,19)(H2,17,18,20);9H,5-8,13H2,1-4H3,(H2,14,15,16);8H,4-7,12-13H2,1-3H3,(H2,14,15,16). The van der Waals surface area contributed by atoms with E-state index in [0.717, 1.165) is 57.8 Å². The van der Waals surface area contributed by atoms with Gasteiger partial charge in [0, 0.05) is 45.3 Å². The van der Waals surface area contributed by atoms with E-state index in [0.29, 0.717) is 19.6 Å². The van der Waals surface area contributed by atoms with Gasteiger partial charge in [-0.25, -0.2) is 30.9 Å². The minimum atomic E-state index is -0.366. The van der Waals surface area contributed by atoms with E-state index in [1.807, 2.05) is 0 Å². The average molecular weight is 741 g/mol. The third-order valence-corrected chi connectivity index (χ3v) is 10.6. The molecule has 0 saturated heterocycles. The second kappa shape index (κ2) is 19.3. The summed E-state index contributed by atoms with van der Waals surface area (Å²) in [6.45, 7) is 21.8. The minimum absolute atomic E-state index is 0.0544. The third-order valence-electron chi connectivity index (χ3n) is 10.6. The number of nitrogens with one attached hydrogen (secondary N) is 8. The summed E-state index contributed by atoms with van der Waals surface area (Å²) >= 11 is 0. The Labute approximate surface area is 313 Å². The summed E-state index contributed by atoms with van der Waals surface area (Å²) in [5.41, 5.74) is 16.9. The summed E-state index contributed by atoms with van der Waals surface area (Å²) < 4.78 is 0. The lowest BCUT2D eigenvalue weighted by Gasteiger charge is -2.46. The Balaban J connectivity index is 0.000000394. The average Bonchev–Trinajstić information content (AvgIpc) is 2.99. The third kappa shape index (κ3) is 17.2. The van der Waals surface area contributed by atoms with E-state index in [4.69, 9.17) is 23.2 Å². The van der Waals surface area contributed by atoms with Gasteiger partial charge in [0.15, 0.2) is 0 Å². The molecule has 16 N–H and O–H groups in total. The van der Waals surface area contributed by atoms with Crippen molar-refractivity contribution in [2.75, 3.05) is 33.7 Å². The molecule has 6 unspecified atom stereocenters. The summed E-state index contributed by atoms with van der Waals surface area (Å²) in [6, 6.07) is -0.520. The van der Waals surface area contributed by atoms with Crippen LogP contribution in [0.1, 0.15) is 120 Å². The number of hydrazine groups is 2. The molecule has 0 aromatic carbocycles. The van der Waals surface area contributed by atoms with Crippen molar-refractivity contribution in [3.63, 3.8) is 0 Å². The van der Waals surface area contributed by atoms with E-state index in [1.165, 1.54) is 0 Å². The number of hydrogen-bond acceptors (Lipinski definition) is 8. The van der Waals surface area contributed by atoms with Crippen LogP contribution in [0.15, 0.2) is 0 Å². The van der Waals surface area contributed by atoms with Gasteiger partial charge < -0.3 is 43.4 Å². The summed E-state index contributed by atoms with van der Waals surface area (Å²) in [4.78, 5) is 45.1. The molecule has 16 nitrogen and oxygen atoms in total. The molecule has 0 bridgehead atoms. The molecule has 0 heterocycles. The predicted molar refractivity (Wildman–Crippen MR) is 208 cm³/mol. The van der Waals surface area contributed by atoms with Crippen LogP contribution >= 0.6 is 0 Å². The summed E-state index contributed by atoms with van der Waals surface area (Å²) in [6.07, 6.45) is 8.85. The molecule has 16 heteroatoms. The van der Waals surface area contributed by atoms with Crippen molar-refractivity contribution in [3.05, 3.63) is 0 Å². The zero-order chi connectivity index (χ0) is 40.2. The van der Waals surface area contributed by atoms with Crippen LogP contribution in [0.3, 0.4) is 0 Å². The molecule has 0 radical (unpaired) electrons. The largest absolute Gasteiger partial charge is 0.341 e. The minimum Gasteiger partial charge on any atom is -0.341 e. The van der Waals surface area contributed by atoms with Gasteiger partial charge in [0.1, 0.15) is 0 Å². The van der Waals surface area contributed by atoms with Crippen LogP contribution in [0.25, 0.3) is 0 Å². The second-order valence-corrected chi connectivity index (χ2v) is 19.1. The maximum absolute atomic E-state index is 11.4. The first kappa shape index (κ1) is 46.9. The first-order chi connectivity index (χ1) is 23.8. The fourth-order valence-corrected chi connectivity index (χ4v) is 9.83. The van der Waals surface area contributed by atoms with E-state index >= 15 is 0 Å². The van der Waals surface area contributed by atoms with Crippen LogP contribution in [0.2, 0.25) is 0 Å². The predicted octanol–water partition coefficient (Wildman–Crippen LogP) is 2.84. The van der Waals surface area contributed by atoms with Crippen molar-refractivity contribution in [2.45, 2.75) is 138 Å². The van der Waals surface area contributed by atoms with Gasteiger partial charge in [-0.1, -0.05) is 62.3 Å². The highest BCUT2D eigenvalue weighted by molar-refractivity contribution is 5.74. The molecule has 8 amide bonds. The maximum Gasteiger partial charge on any atom is 0.329 e. The number of amides is 8. The van der Waals surface area contributed by atoms with E-state index in [-0.39, 0.29) is 74.7 Å². The Bertz CT molecular complexity index is 1180. The molecule has 304 valence electrons. The van der Waals surface area contributed by atoms with Gasteiger partial charge in [-0.15, -0.1) is 0 Å². The van der Waals surface area contributed by atoms with E-state index in [9.17, 15) is 19.2 Å². The molecular weight excluding hydrogens is 664 g/mol. The zero-order valence-corrected chi connectivity index (χ0v) is 34.2. The molecular formula is C36H76N12O4. The van der Waals surface area contributed by atoms with Crippen molar-refractivity contribution in [3.8, 4) is 0 Å². The number of carbonyl (C=O) groups excluding carboxylic acids is 4. The number of hydrogen-bond donors (Lipinski definition) is 12. The van der Waals surface area contributed by atoms with Gasteiger partial charge in [0.2, 0.25) is 0 Å². The lowest BCUT2D eigenvalue weighted by atomic mass is 9.62. The Hall–Kier alpha value is -3.08. The van der Waals surface area contributed by atoms with Gasteiger partial charge in [-0.3, -0.25) is 10.9 Å². The molecule has 3 aliphatic carbocycles. The van der Waals surface area contributed by atoms with Crippen molar-refractivity contribution in [1.29, 1.82) is 0 Å². The van der Waals surface area contributed by atoms with Crippen LogP contribution in [-0.2, 0) is 0 Å². The maximum atomic E-state index is 11.4. The molecule has 6 atom stereocenters. The first-order valence-electron chi connectivity index (χ1n) is 18.7. The van der Waals surface area contributed by atoms with Gasteiger partial charge in [-0.2, -0.15) is 0 Å². The van der Waals surface area contributed by atoms with Crippen molar-refractivity contribution >= 4 is 24.1 Å². The van der Waals surface area contributed by atoms with Crippen molar-refractivity contribution in [2.24, 2.45) is 55.6 Å². The molecule has 3 fully saturated rings. The number of urea groups is 4. The van der Waals surface area contributed by atoms with E-state index < -0.39 is 0 Å². The topological polar surface area (TPSA) is 269 Å². The molecule has 0 aromatic rings. The Morgan fingerprint density at radius 1 is 0.538 bits per heavy atom. The van der Waals surface area contributed by atoms with Crippen LogP contribution < -0.4 is 65.9 Å². The lowest BCUT2D eigenvalue weighted by Crippen LogP contribution is -2.53. The Morgan fingerprint density at radius 2 is 0.885 bits per heavy atom. The summed E-state index contributed by atoms with van der Waals surface area (Å²) in [5.74, 6) is 10.2. The van der Waals surface area contributed by atoms with E-state index in [2.05, 4.69) is 105 Å². The number of rotatable bonds is 7. The summed E-state index contributed by atoms with van der Waals surface area (Å²) in [5, 5.41) is 16.6. The van der Waals surface area contributed by atoms with E-state index in [1.54, 1.807) is 14.1 Å². The molecule has 3 rings (SSSR count). The fourth-order valence-electron chi connectivity index (χ4n) is 9.83. The van der Waals surface area contributed by atoms with Gasteiger partial charge in [-0.05, 0) is 96.8 Å². The van der Waals surface area contributed by atoms with Gasteiger partial charge >= 0.3 is 24.1 Å². The normalized spacial score (nSPS) is 31.3. The summed E-state index contributed by atoms with van der Waals surface area (Å²) in [7, 11) is 3.23. The van der Waals surface area contributed by atoms with Crippen LogP contribution in [0, 0.1) is 32.5 Å². The highest BCUT2D eigenvalue weighted by Gasteiger charge is 2.43. The highest BCUT2D eigenvalue weighted by Crippen LogP contribution is 2.47. The van der Waals surface area contributed by atoms with Crippen LogP contribution in [-0.4, -0.2) is 76.0 Å². The molecule has 0 aromatic heterocycles. The molecule has 3 aliphatic rings. The Kier molecular flexibility index (Phi) is 17.4. The highest BCUT2D eigenvalue weighted by atomic mass is 16.2. The number of nitrogens with two attached hydrogens (primary N) is 4.